The third kappa shape index (κ3) is 3.71. The first kappa shape index (κ1) is 25.2. The molecule has 0 aliphatic carbocycles. The molecule has 0 saturated carbocycles. The molecular formula is C44H26O2. The van der Waals surface area contributed by atoms with Crippen molar-refractivity contribution < 1.29 is 8.83 Å². The normalized spacial score (nSPS) is 11.9. The van der Waals surface area contributed by atoms with Crippen molar-refractivity contribution in [2.45, 2.75) is 0 Å². The summed E-state index contributed by atoms with van der Waals surface area (Å²) in [6.45, 7) is 0. The Labute approximate surface area is 264 Å². The highest BCUT2D eigenvalue weighted by atomic mass is 16.3. The van der Waals surface area contributed by atoms with E-state index in [1.807, 2.05) is 18.2 Å². The molecule has 0 N–H and O–H groups in total. The fraction of sp³-hybridized carbons (Fsp3) is 0. The summed E-state index contributed by atoms with van der Waals surface area (Å²) >= 11 is 0. The third-order valence-electron chi connectivity index (χ3n) is 9.47. The molecule has 2 heteroatoms. The highest BCUT2D eigenvalue weighted by Crippen LogP contribution is 2.44. The predicted molar refractivity (Wildman–Crippen MR) is 192 cm³/mol. The summed E-state index contributed by atoms with van der Waals surface area (Å²) in [5.74, 6) is 0. The zero-order valence-corrected chi connectivity index (χ0v) is 24.8. The Morgan fingerprint density at radius 3 is 1.30 bits per heavy atom. The lowest BCUT2D eigenvalue weighted by Gasteiger charge is -2.18. The monoisotopic (exact) mass is 586 g/mol. The lowest BCUT2D eigenvalue weighted by molar-refractivity contribution is 0.656. The Balaban J connectivity index is 1.10. The van der Waals surface area contributed by atoms with Gasteiger partial charge in [0.15, 0.2) is 0 Å². The van der Waals surface area contributed by atoms with Gasteiger partial charge in [-0.2, -0.15) is 0 Å². The number of para-hydroxylation sites is 1. The summed E-state index contributed by atoms with van der Waals surface area (Å²) < 4.78 is 12.5. The standard InChI is InChI=1S/C44H26O2/c1-2-10-28(11-3-1)43-33-13-4-6-15-35(33)44(36-16-7-5-14-34(36)43)29-20-18-27(19-21-29)30-22-23-32-38-25-37-31-12-8-9-17-39(31)45-41(37)26-42(38)46-40(32)24-30/h1-26H. The first-order chi connectivity index (χ1) is 22.8. The van der Waals surface area contributed by atoms with E-state index in [1.54, 1.807) is 0 Å². The van der Waals surface area contributed by atoms with Gasteiger partial charge in [-0.25, -0.2) is 0 Å². The lowest BCUT2D eigenvalue weighted by atomic mass is 9.86. The van der Waals surface area contributed by atoms with E-state index in [0.29, 0.717) is 0 Å². The quantitative estimate of drug-likeness (QED) is 0.193. The van der Waals surface area contributed by atoms with E-state index >= 15 is 0 Å². The molecule has 0 fully saturated rings. The Kier molecular flexibility index (Phi) is 5.31. The van der Waals surface area contributed by atoms with Gasteiger partial charge in [0.05, 0.1) is 0 Å². The molecule has 0 saturated heterocycles. The van der Waals surface area contributed by atoms with Gasteiger partial charge >= 0.3 is 0 Å². The van der Waals surface area contributed by atoms with Crippen LogP contribution in [0.3, 0.4) is 0 Å². The fourth-order valence-corrected chi connectivity index (χ4v) is 7.36. The molecule has 10 aromatic rings. The first-order valence-electron chi connectivity index (χ1n) is 15.7. The average Bonchev–Trinajstić information content (AvgIpc) is 3.66. The van der Waals surface area contributed by atoms with Crippen molar-refractivity contribution >= 4 is 65.4 Å². The molecule has 0 aliphatic rings. The van der Waals surface area contributed by atoms with Crippen molar-refractivity contribution in [3.63, 3.8) is 0 Å². The molecule has 0 amide bonds. The third-order valence-corrected chi connectivity index (χ3v) is 9.47. The van der Waals surface area contributed by atoms with Gasteiger partial charge in [0.1, 0.15) is 22.3 Å². The van der Waals surface area contributed by atoms with Crippen LogP contribution in [-0.4, -0.2) is 0 Å². The molecule has 0 atom stereocenters. The summed E-state index contributed by atoms with van der Waals surface area (Å²) in [5.41, 5.74) is 10.7. The molecule has 8 aromatic carbocycles. The Bertz CT molecular complexity index is 2720. The molecule has 2 heterocycles. The summed E-state index contributed by atoms with van der Waals surface area (Å²) in [6, 6.07) is 56.3. The van der Waals surface area contributed by atoms with Crippen molar-refractivity contribution in [2.75, 3.05) is 0 Å². The summed E-state index contributed by atoms with van der Waals surface area (Å²) in [4.78, 5) is 0. The second-order valence-corrected chi connectivity index (χ2v) is 12.0. The van der Waals surface area contributed by atoms with Crippen LogP contribution in [0.4, 0.5) is 0 Å². The molecule has 10 rings (SSSR count). The van der Waals surface area contributed by atoms with Gasteiger partial charge in [-0.15, -0.1) is 0 Å². The van der Waals surface area contributed by atoms with E-state index in [0.717, 1.165) is 55.0 Å². The van der Waals surface area contributed by atoms with Crippen molar-refractivity contribution in [2.24, 2.45) is 0 Å². The number of hydrogen-bond acceptors (Lipinski definition) is 2. The van der Waals surface area contributed by atoms with E-state index in [-0.39, 0.29) is 0 Å². The minimum atomic E-state index is 0.840. The zero-order chi connectivity index (χ0) is 30.2. The number of benzene rings is 8. The minimum absolute atomic E-state index is 0.840. The van der Waals surface area contributed by atoms with Gasteiger partial charge < -0.3 is 8.83 Å². The molecule has 0 spiro atoms. The van der Waals surface area contributed by atoms with Crippen LogP contribution in [0.15, 0.2) is 167 Å². The zero-order valence-electron chi connectivity index (χ0n) is 24.8. The highest BCUT2D eigenvalue weighted by molar-refractivity contribution is 6.21. The van der Waals surface area contributed by atoms with E-state index in [4.69, 9.17) is 8.83 Å². The van der Waals surface area contributed by atoms with Crippen LogP contribution in [0.5, 0.6) is 0 Å². The van der Waals surface area contributed by atoms with Crippen molar-refractivity contribution in [1.29, 1.82) is 0 Å². The van der Waals surface area contributed by atoms with Crippen molar-refractivity contribution in [3.8, 4) is 33.4 Å². The van der Waals surface area contributed by atoms with Crippen LogP contribution in [-0.2, 0) is 0 Å². The molecule has 2 nitrogen and oxygen atoms in total. The number of fused-ring (bicyclic) bond motifs is 8. The molecular weight excluding hydrogens is 560 g/mol. The predicted octanol–water partition coefficient (Wildman–Crippen LogP) is 12.8. The van der Waals surface area contributed by atoms with Crippen molar-refractivity contribution in [3.05, 3.63) is 158 Å². The van der Waals surface area contributed by atoms with E-state index < -0.39 is 0 Å². The van der Waals surface area contributed by atoms with Gasteiger partial charge in [0.2, 0.25) is 0 Å². The number of rotatable bonds is 3. The van der Waals surface area contributed by atoms with Gasteiger partial charge in [0.25, 0.3) is 0 Å². The largest absolute Gasteiger partial charge is 0.456 e. The van der Waals surface area contributed by atoms with Crippen molar-refractivity contribution in [1.82, 2.24) is 0 Å². The molecule has 46 heavy (non-hydrogen) atoms. The maximum atomic E-state index is 6.40. The summed E-state index contributed by atoms with van der Waals surface area (Å²) in [6.07, 6.45) is 0. The molecule has 214 valence electrons. The number of hydrogen-bond donors (Lipinski definition) is 0. The number of furan rings is 2. The molecule has 0 radical (unpaired) electrons. The highest BCUT2D eigenvalue weighted by Gasteiger charge is 2.17. The summed E-state index contributed by atoms with van der Waals surface area (Å²) in [7, 11) is 0. The van der Waals surface area contributed by atoms with Crippen LogP contribution in [0.2, 0.25) is 0 Å². The Morgan fingerprint density at radius 1 is 0.239 bits per heavy atom. The topological polar surface area (TPSA) is 26.3 Å². The molecule has 0 unspecified atom stereocenters. The SMILES string of the molecule is c1ccc(-c2c3ccccc3c(-c3ccc(-c4ccc5c(c4)oc4cc6oc7ccccc7c6cc45)cc3)c3ccccc23)cc1. The molecule has 0 aliphatic heterocycles. The van der Waals surface area contributed by atoms with E-state index in [1.165, 1.54) is 43.8 Å². The Hall–Kier alpha value is -6.12. The van der Waals surface area contributed by atoms with Crippen LogP contribution in [0.1, 0.15) is 0 Å². The Morgan fingerprint density at radius 2 is 0.674 bits per heavy atom. The van der Waals surface area contributed by atoms with Gasteiger partial charge in [-0.1, -0.05) is 127 Å². The summed E-state index contributed by atoms with van der Waals surface area (Å²) in [5, 5.41) is 9.50. The van der Waals surface area contributed by atoms with Gasteiger partial charge in [-0.05, 0) is 79.2 Å². The van der Waals surface area contributed by atoms with E-state index in [2.05, 4.69) is 140 Å². The van der Waals surface area contributed by atoms with Crippen LogP contribution >= 0.6 is 0 Å². The average molecular weight is 587 g/mol. The fourth-order valence-electron chi connectivity index (χ4n) is 7.36. The van der Waals surface area contributed by atoms with Crippen LogP contribution < -0.4 is 0 Å². The second kappa shape index (κ2) is 9.69. The maximum Gasteiger partial charge on any atom is 0.139 e. The second-order valence-electron chi connectivity index (χ2n) is 12.0. The van der Waals surface area contributed by atoms with E-state index in [9.17, 15) is 0 Å². The molecule has 2 aromatic heterocycles. The minimum Gasteiger partial charge on any atom is -0.456 e. The first-order valence-corrected chi connectivity index (χ1v) is 15.7. The van der Waals surface area contributed by atoms with Crippen LogP contribution in [0, 0.1) is 0 Å². The lowest BCUT2D eigenvalue weighted by Crippen LogP contribution is -1.90. The van der Waals surface area contributed by atoms with Gasteiger partial charge in [-0.3, -0.25) is 0 Å². The molecule has 0 bridgehead atoms. The smallest absolute Gasteiger partial charge is 0.139 e. The van der Waals surface area contributed by atoms with Crippen LogP contribution in [0.25, 0.3) is 98.8 Å². The maximum absolute atomic E-state index is 6.40. The van der Waals surface area contributed by atoms with Gasteiger partial charge in [0, 0.05) is 27.6 Å².